The van der Waals surface area contributed by atoms with Gasteiger partial charge in [0.15, 0.2) is 0 Å². The van der Waals surface area contributed by atoms with E-state index in [2.05, 4.69) is 0 Å². The summed E-state index contributed by atoms with van der Waals surface area (Å²) in [6.45, 7) is 6.41. The van der Waals surface area contributed by atoms with Gasteiger partial charge >= 0.3 is 0 Å². The van der Waals surface area contributed by atoms with Crippen molar-refractivity contribution in [2.24, 2.45) is 17.6 Å². The van der Waals surface area contributed by atoms with Crippen molar-refractivity contribution in [3.63, 3.8) is 0 Å². The minimum Gasteiger partial charge on any atom is -0.381 e. The summed E-state index contributed by atoms with van der Waals surface area (Å²) < 4.78 is 5.30. The minimum atomic E-state index is -0.371. The number of ether oxygens (including phenoxy) is 1. The topological polar surface area (TPSA) is 55.6 Å². The molecule has 0 spiro atoms. The van der Waals surface area contributed by atoms with E-state index in [4.69, 9.17) is 10.5 Å². The van der Waals surface area contributed by atoms with E-state index in [0.717, 1.165) is 32.6 Å². The van der Waals surface area contributed by atoms with Crippen molar-refractivity contribution in [3.8, 4) is 0 Å². The van der Waals surface area contributed by atoms with Crippen LogP contribution in [0.15, 0.2) is 0 Å². The van der Waals surface area contributed by atoms with Gasteiger partial charge in [-0.1, -0.05) is 13.8 Å². The highest BCUT2D eigenvalue weighted by Crippen LogP contribution is 2.16. The number of rotatable bonds is 4. The second-order valence-corrected chi connectivity index (χ2v) is 5.04. The van der Waals surface area contributed by atoms with Crippen LogP contribution in [0.25, 0.3) is 0 Å². The summed E-state index contributed by atoms with van der Waals surface area (Å²) in [5.41, 5.74) is 5.85. The predicted molar refractivity (Wildman–Crippen MR) is 71.2 cm³/mol. The van der Waals surface area contributed by atoms with E-state index in [0.29, 0.717) is 5.92 Å². The summed E-state index contributed by atoms with van der Waals surface area (Å²) in [4.78, 5) is 13.7. The molecule has 2 N–H and O–H groups in total. The quantitative estimate of drug-likeness (QED) is 0.832. The van der Waals surface area contributed by atoms with E-state index in [1.165, 1.54) is 0 Å². The van der Waals surface area contributed by atoms with Gasteiger partial charge in [0.1, 0.15) is 0 Å². The van der Waals surface area contributed by atoms with Gasteiger partial charge in [-0.3, -0.25) is 4.79 Å². The lowest BCUT2D eigenvalue weighted by Gasteiger charge is -2.29. The van der Waals surface area contributed by atoms with Crippen molar-refractivity contribution in [1.82, 2.24) is 4.90 Å². The highest BCUT2D eigenvalue weighted by atomic mass is 35.5. The zero-order valence-corrected chi connectivity index (χ0v) is 11.8. The summed E-state index contributed by atoms with van der Waals surface area (Å²) in [5, 5.41) is 0. The molecule has 1 fully saturated rings. The van der Waals surface area contributed by atoms with Gasteiger partial charge in [-0.25, -0.2) is 0 Å². The number of carbonyl (C=O) groups is 1. The number of nitrogens with two attached hydrogens (primary N) is 1. The van der Waals surface area contributed by atoms with Crippen LogP contribution in [0.5, 0.6) is 0 Å². The summed E-state index contributed by atoms with van der Waals surface area (Å²) in [6, 6.07) is -0.371. The number of hydrogen-bond donors (Lipinski definition) is 1. The van der Waals surface area contributed by atoms with Gasteiger partial charge in [0, 0.05) is 26.8 Å². The van der Waals surface area contributed by atoms with Gasteiger partial charge in [-0.05, 0) is 24.7 Å². The Kier molecular flexibility index (Phi) is 7.75. The average molecular weight is 265 g/mol. The number of hydrogen-bond acceptors (Lipinski definition) is 3. The SMILES string of the molecule is CC(C)C(N)C(=O)N(C)CC1CCOCC1.Cl. The molecule has 1 heterocycles. The van der Waals surface area contributed by atoms with Gasteiger partial charge in [0.25, 0.3) is 0 Å². The summed E-state index contributed by atoms with van der Waals surface area (Å²) in [6.07, 6.45) is 2.10. The van der Waals surface area contributed by atoms with Crippen LogP contribution < -0.4 is 5.73 Å². The Labute approximate surface area is 110 Å². The van der Waals surface area contributed by atoms with E-state index < -0.39 is 0 Å². The van der Waals surface area contributed by atoms with Crippen LogP contribution in [0, 0.1) is 11.8 Å². The van der Waals surface area contributed by atoms with Crippen LogP contribution in [0.2, 0.25) is 0 Å². The van der Waals surface area contributed by atoms with Crippen LogP contribution in [0.1, 0.15) is 26.7 Å². The molecule has 1 unspecified atom stereocenters. The first-order chi connectivity index (χ1) is 7.52. The van der Waals surface area contributed by atoms with Gasteiger partial charge < -0.3 is 15.4 Å². The zero-order chi connectivity index (χ0) is 12.1. The Morgan fingerprint density at radius 1 is 1.41 bits per heavy atom. The normalized spacial score (nSPS) is 18.6. The van der Waals surface area contributed by atoms with Crippen molar-refractivity contribution < 1.29 is 9.53 Å². The Balaban J connectivity index is 0.00000256. The van der Waals surface area contributed by atoms with Crippen molar-refractivity contribution >= 4 is 18.3 Å². The molecule has 102 valence electrons. The van der Waals surface area contributed by atoms with Crippen LogP contribution >= 0.6 is 12.4 Å². The van der Waals surface area contributed by atoms with Crippen LogP contribution in [-0.4, -0.2) is 43.7 Å². The van der Waals surface area contributed by atoms with E-state index in [-0.39, 0.29) is 30.3 Å². The highest BCUT2D eigenvalue weighted by molar-refractivity contribution is 5.85. The van der Waals surface area contributed by atoms with E-state index >= 15 is 0 Å². The molecule has 4 nitrogen and oxygen atoms in total. The standard InChI is InChI=1S/C12H24N2O2.ClH/c1-9(2)11(13)12(15)14(3)8-10-4-6-16-7-5-10;/h9-11H,4-8,13H2,1-3H3;1H. The maximum absolute atomic E-state index is 11.9. The number of carbonyl (C=O) groups excluding carboxylic acids is 1. The molecule has 1 aliphatic heterocycles. The Bertz CT molecular complexity index is 231. The maximum atomic E-state index is 11.9. The first-order valence-corrected chi connectivity index (χ1v) is 6.10. The van der Waals surface area contributed by atoms with Crippen molar-refractivity contribution in [1.29, 1.82) is 0 Å². The van der Waals surface area contributed by atoms with Gasteiger partial charge in [0.2, 0.25) is 5.91 Å². The second kappa shape index (κ2) is 7.90. The fourth-order valence-electron chi connectivity index (χ4n) is 1.95. The smallest absolute Gasteiger partial charge is 0.239 e. The van der Waals surface area contributed by atoms with E-state index in [1.807, 2.05) is 20.9 Å². The van der Waals surface area contributed by atoms with E-state index in [9.17, 15) is 4.79 Å². The molecule has 0 aliphatic carbocycles. The second-order valence-electron chi connectivity index (χ2n) is 5.04. The molecule has 1 aliphatic rings. The van der Waals surface area contributed by atoms with Gasteiger partial charge in [0.05, 0.1) is 6.04 Å². The van der Waals surface area contributed by atoms with Crippen LogP contribution in [-0.2, 0) is 9.53 Å². The molecule has 5 heteroatoms. The summed E-state index contributed by atoms with van der Waals surface area (Å²) in [7, 11) is 1.85. The first kappa shape index (κ1) is 16.7. The average Bonchev–Trinajstić information content (AvgIpc) is 2.28. The number of likely N-dealkylation sites (N-methyl/N-ethyl adjacent to an activating group) is 1. The first-order valence-electron chi connectivity index (χ1n) is 6.10. The van der Waals surface area contributed by atoms with Crippen LogP contribution in [0.4, 0.5) is 0 Å². The fourth-order valence-corrected chi connectivity index (χ4v) is 1.95. The lowest BCUT2D eigenvalue weighted by atomic mass is 9.98. The molecule has 17 heavy (non-hydrogen) atoms. The third-order valence-electron chi connectivity index (χ3n) is 3.25. The molecule has 1 amide bonds. The van der Waals surface area contributed by atoms with Gasteiger partial charge in [-0.2, -0.15) is 0 Å². The van der Waals surface area contributed by atoms with Crippen LogP contribution in [0.3, 0.4) is 0 Å². The van der Waals surface area contributed by atoms with Gasteiger partial charge in [-0.15, -0.1) is 12.4 Å². The molecule has 0 bridgehead atoms. The predicted octanol–water partition coefficient (Wildman–Crippen LogP) is 1.28. The molecule has 1 rings (SSSR count). The maximum Gasteiger partial charge on any atom is 0.239 e. The monoisotopic (exact) mass is 264 g/mol. The molecule has 0 radical (unpaired) electrons. The molecular formula is C12H25ClN2O2. The molecule has 1 saturated heterocycles. The van der Waals surface area contributed by atoms with E-state index in [1.54, 1.807) is 4.90 Å². The Morgan fingerprint density at radius 2 is 1.94 bits per heavy atom. The van der Waals surface area contributed by atoms with Crippen molar-refractivity contribution in [3.05, 3.63) is 0 Å². The number of nitrogens with zero attached hydrogens (tertiary/aromatic N) is 1. The van der Waals surface area contributed by atoms with Crippen molar-refractivity contribution in [2.45, 2.75) is 32.7 Å². The lowest BCUT2D eigenvalue weighted by Crippen LogP contribution is -2.46. The highest BCUT2D eigenvalue weighted by Gasteiger charge is 2.24. The minimum absolute atomic E-state index is 0. The lowest BCUT2D eigenvalue weighted by molar-refractivity contribution is -0.133. The molecule has 0 aromatic carbocycles. The molecule has 0 aromatic rings. The molecule has 0 saturated carbocycles. The third-order valence-corrected chi connectivity index (χ3v) is 3.25. The Morgan fingerprint density at radius 3 is 2.41 bits per heavy atom. The largest absolute Gasteiger partial charge is 0.381 e. The number of amides is 1. The number of halogens is 1. The summed E-state index contributed by atoms with van der Waals surface area (Å²) >= 11 is 0. The summed E-state index contributed by atoms with van der Waals surface area (Å²) in [5.74, 6) is 0.827. The van der Waals surface area contributed by atoms with Crippen molar-refractivity contribution in [2.75, 3.05) is 26.8 Å². The molecular weight excluding hydrogens is 240 g/mol. The zero-order valence-electron chi connectivity index (χ0n) is 11.0. The molecule has 1 atom stereocenters. The third kappa shape index (κ3) is 5.23. The molecule has 0 aromatic heterocycles. The Hall–Kier alpha value is -0.320. The fraction of sp³-hybridized carbons (Fsp3) is 0.917.